The fourth-order valence-electron chi connectivity index (χ4n) is 1.71. The van der Waals surface area contributed by atoms with E-state index in [-0.39, 0.29) is 24.7 Å². The lowest BCUT2D eigenvalue weighted by Gasteiger charge is -2.15. The van der Waals surface area contributed by atoms with Crippen LogP contribution in [0.5, 0.6) is 0 Å². The van der Waals surface area contributed by atoms with Gasteiger partial charge in [0, 0.05) is 10.1 Å². The lowest BCUT2D eigenvalue weighted by atomic mass is 9.99. The molecule has 0 aromatic rings. The first kappa shape index (κ1) is 19.3. The summed E-state index contributed by atoms with van der Waals surface area (Å²) >= 11 is 12.2. The largest absolute Gasteiger partial charge is 0.481 e. The monoisotopic (exact) mass is 324 g/mol. The Labute approximate surface area is 130 Å². The van der Waals surface area contributed by atoms with E-state index in [1.54, 1.807) is 13.8 Å². The van der Waals surface area contributed by atoms with Gasteiger partial charge in [0.25, 0.3) is 0 Å². The second-order valence-corrected chi connectivity index (χ2v) is 5.43. The molecule has 4 nitrogen and oxygen atoms in total. The lowest BCUT2D eigenvalue weighted by Crippen LogP contribution is -2.17. The van der Waals surface area contributed by atoms with Crippen LogP contribution in [0.4, 0.5) is 0 Å². The number of carbonyl (C=O) groups excluding carboxylic acids is 1. The maximum atomic E-state index is 11.7. The summed E-state index contributed by atoms with van der Waals surface area (Å²) in [4.78, 5) is 22.6. The molecule has 0 radical (unpaired) electrons. The summed E-state index contributed by atoms with van der Waals surface area (Å²) in [6, 6.07) is 0. The fraction of sp³-hybridized carbons (Fsp3) is 0.714. The van der Waals surface area contributed by atoms with Gasteiger partial charge in [-0.15, -0.1) is 0 Å². The predicted molar refractivity (Wildman–Crippen MR) is 79.8 cm³/mol. The van der Waals surface area contributed by atoms with Gasteiger partial charge < -0.3 is 9.84 Å². The number of ether oxygens (including phenoxy) is 1. The highest BCUT2D eigenvalue weighted by Crippen LogP contribution is 2.29. The number of hydrogen-bond donors (Lipinski definition) is 1. The number of rotatable bonds is 9. The molecule has 0 aliphatic rings. The predicted octanol–water partition coefficient (Wildman–Crippen LogP) is 4.16. The number of hydrogen-bond acceptors (Lipinski definition) is 3. The third kappa shape index (κ3) is 6.62. The van der Waals surface area contributed by atoms with Crippen molar-refractivity contribution < 1.29 is 19.4 Å². The molecule has 0 saturated heterocycles. The Hall–Kier alpha value is -0.740. The maximum absolute atomic E-state index is 11.7. The summed E-state index contributed by atoms with van der Waals surface area (Å²) in [5.41, 5.74) is 0. The van der Waals surface area contributed by atoms with E-state index in [2.05, 4.69) is 0 Å². The molecule has 6 heteroatoms. The smallest absolute Gasteiger partial charge is 0.309 e. The van der Waals surface area contributed by atoms with Crippen LogP contribution in [0.25, 0.3) is 0 Å². The van der Waals surface area contributed by atoms with Gasteiger partial charge in [-0.2, -0.15) is 0 Å². The van der Waals surface area contributed by atoms with Gasteiger partial charge in [0.15, 0.2) is 0 Å². The summed E-state index contributed by atoms with van der Waals surface area (Å²) in [5, 5.41) is 9.64. The zero-order valence-corrected chi connectivity index (χ0v) is 13.6. The SMILES string of the molecule is CCOC(=O)C(CC)CC(Cl)=C(Cl)CC(CC)C(=O)O. The van der Waals surface area contributed by atoms with Crippen LogP contribution < -0.4 is 0 Å². The van der Waals surface area contributed by atoms with Gasteiger partial charge in [-0.25, -0.2) is 0 Å². The molecule has 0 bridgehead atoms. The second-order valence-electron chi connectivity index (χ2n) is 4.52. The maximum Gasteiger partial charge on any atom is 0.309 e. The van der Waals surface area contributed by atoms with E-state index in [0.717, 1.165) is 0 Å². The van der Waals surface area contributed by atoms with E-state index in [9.17, 15) is 9.59 Å². The zero-order valence-electron chi connectivity index (χ0n) is 12.1. The molecule has 0 rings (SSSR count). The molecule has 20 heavy (non-hydrogen) atoms. The Morgan fingerprint density at radius 3 is 1.80 bits per heavy atom. The number of aliphatic carboxylic acids is 1. The molecule has 0 fully saturated rings. The van der Waals surface area contributed by atoms with Crippen molar-refractivity contribution in [2.24, 2.45) is 11.8 Å². The molecule has 0 aliphatic carbocycles. The van der Waals surface area contributed by atoms with Crippen LogP contribution in [0.2, 0.25) is 0 Å². The van der Waals surface area contributed by atoms with Crippen LogP contribution in [0, 0.1) is 11.8 Å². The molecular weight excluding hydrogens is 303 g/mol. The Morgan fingerprint density at radius 2 is 1.45 bits per heavy atom. The number of carbonyl (C=O) groups is 2. The van der Waals surface area contributed by atoms with Gasteiger partial charge in [-0.05, 0) is 32.6 Å². The summed E-state index contributed by atoms with van der Waals surface area (Å²) in [5.74, 6) is -2.10. The molecule has 0 aliphatic heterocycles. The average molecular weight is 325 g/mol. The molecule has 0 aromatic heterocycles. The molecule has 0 spiro atoms. The van der Waals surface area contributed by atoms with Gasteiger partial charge in [0.05, 0.1) is 18.4 Å². The van der Waals surface area contributed by atoms with Crippen molar-refractivity contribution in [3.8, 4) is 0 Å². The van der Waals surface area contributed by atoms with Crippen LogP contribution in [0.1, 0.15) is 46.5 Å². The number of allylic oxidation sites excluding steroid dienone is 2. The Balaban J connectivity index is 4.75. The van der Waals surface area contributed by atoms with E-state index in [4.69, 9.17) is 33.0 Å². The summed E-state index contributed by atoms with van der Waals surface area (Å²) < 4.78 is 4.96. The van der Waals surface area contributed by atoms with Crippen LogP contribution in [0.3, 0.4) is 0 Å². The van der Waals surface area contributed by atoms with Crippen molar-refractivity contribution in [3.63, 3.8) is 0 Å². The molecule has 0 heterocycles. The summed E-state index contributed by atoms with van der Waals surface area (Å²) in [6.45, 7) is 5.71. The van der Waals surface area contributed by atoms with Crippen molar-refractivity contribution in [1.29, 1.82) is 0 Å². The quantitative estimate of drug-likeness (QED) is 0.647. The molecular formula is C14H22Cl2O4. The van der Waals surface area contributed by atoms with Crippen molar-refractivity contribution in [2.45, 2.75) is 46.5 Å². The summed E-state index contributed by atoms with van der Waals surface area (Å²) in [6.07, 6.45) is 1.54. The van der Waals surface area contributed by atoms with E-state index in [0.29, 0.717) is 29.5 Å². The van der Waals surface area contributed by atoms with Crippen LogP contribution in [-0.2, 0) is 14.3 Å². The minimum atomic E-state index is -0.896. The minimum Gasteiger partial charge on any atom is -0.481 e. The zero-order chi connectivity index (χ0) is 15.7. The average Bonchev–Trinajstić information content (AvgIpc) is 2.41. The highest BCUT2D eigenvalue weighted by Gasteiger charge is 2.22. The second kappa shape index (κ2) is 10.1. The number of carboxylic acids is 1. The van der Waals surface area contributed by atoms with Crippen LogP contribution >= 0.6 is 23.2 Å². The molecule has 0 aromatic carbocycles. The van der Waals surface area contributed by atoms with Crippen molar-refractivity contribution >= 4 is 35.1 Å². The molecule has 1 N–H and O–H groups in total. The first-order valence-electron chi connectivity index (χ1n) is 6.79. The lowest BCUT2D eigenvalue weighted by molar-refractivity contribution is -0.148. The van der Waals surface area contributed by atoms with Gasteiger partial charge in [-0.3, -0.25) is 9.59 Å². The van der Waals surface area contributed by atoms with Crippen molar-refractivity contribution in [3.05, 3.63) is 10.1 Å². The molecule has 2 unspecified atom stereocenters. The van der Waals surface area contributed by atoms with Crippen LogP contribution in [-0.4, -0.2) is 23.7 Å². The van der Waals surface area contributed by atoms with E-state index < -0.39 is 11.9 Å². The first-order valence-corrected chi connectivity index (χ1v) is 7.55. The van der Waals surface area contributed by atoms with Gasteiger partial charge >= 0.3 is 11.9 Å². The Morgan fingerprint density at radius 1 is 1.00 bits per heavy atom. The third-order valence-electron chi connectivity index (χ3n) is 3.10. The van der Waals surface area contributed by atoms with Gasteiger partial charge in [-0.1, -0.05) is 37.0 Å². The number of halogens is 2. The highest BCUT2D eigenvalue weighted by atomic mass is 35.5. The fourth-order valence-corrected chi connectivity index (χ4v) is 2.24. The van der Waals surface area contributed by atoms with Crippen molar-refractivity contribution in [2.75, 3.05) is 6.61 Å². The topological polar surface area (TPSA) is 63.6 Å². The van der Waals surface area contributed by atoms with Crippen LogP contribution in [0.15, 0.2) is 10.1 Å². The standard InChI is InChI=1S/C14H22Cl2O4/c1-4-9(13(17)18)7-11(15)12(16)8-10(5-2)14(19)20-6-3/h9-10H,4-8H2,1-3H3,(H,17,18). The highest BCUT2D eigenvalue weighted by molar-refractivity contribution is 6.39. The number of esters is 1. The molecule has 0 amide bonds. The van der Waals surface area contributed by atoms with Gasteiger partial charge in [0.1, 0.15) is 0 Å². The minimum absolute atomic E-state index is 0.186. The number of carboxylic acid groups (broad SMARTS) is 1. The van der Waals surface area contributed by atoms with Gasteiger partial charge in [0.2, 0.25) is 0 Å². The van der Waals surface area contributed by atoms with E-state index in [1.807, 2.05) is 6.92 Å². The Kier molecular flexibility index (Phi) is 9.68. The van der Waals surface area contributed by atoms with E-state index >= 15 is 0 Å². The summed E-state index contributed by atoms with van der Waals surface area (Å²) in [7, 11) is 0. The normalized spacial score (nSPS) is 15.2. The molecule has 2 atom stereocenters. The third-order valence-corrected chi connectivity index (χ3v) is 3.96. The molecule has 0 saturated carbocycles. The van der Waals surface area contributed by atoms with Crippen molar-refractivity contribution in [1.82, 2.24) is 0 Å². The molecule has 116 valence electrons. The van der Waals surface area contributed by atoms with E-state index in [1.165, 1.54) is 0 Å². The Bertz CT molecular complexity index is 366. The first-order chi connectivity index (χ1) is 9.37.